The summed E-state index contributed by atoms with van der Waals surface area (Å²) in [6.07, 6.45) is 4.69. The number of hydrogen-bond acceptors (Lipinski definition) is 2. The fourth-order valence-corrected chi connectivity index (χ4v) is 1.83. The normalized spacial score (nSPS) is 12.1. The van der Waals surface area contributed by atoms with E-state index in [0.29, 0.717) is 18.3 Å². The summed E-state index contributed by atoms with van der Waals surface area (Å²) < 4.78 is 5.68. The Balaban J connectivity index is 2.51. The molecule has 3 heteroatoms. The van der Waals surface area contributed by atoms with E-state index >= 15 is 0 Å². The second-order valence-electron chi connectivity index (χ2n) is 4.56. The molecule has 0 aliphatic heterocycles. The van der Waals surface area contributed by atoms with Crippen LogP contribution in [0.25, 0.3) is 0 Å². The molecule has 0 bridgehead atoms. The standard InChI is InChI=1S/C15H22O3/c1-3-5-7-12(4-2)11-18-14-9-6-8-13(10-14)15(16)17/h6,8-10,12H,3-5,7,11H2,1-2H3,(H,16,17). The van der Waals surface area contributed by atoms with Crippen molar-refractivity contribution in [3.05, 3.63) is 29.8 Å². The van der Waals surface area contributed by atoms with Crippen LogP contribution in [0.1, 0.15) is 49.9 Å². The molecule has 0 heterocycles. The van der Waals surface area contributed by atoms with Crippen LogP contribution in [0.15, 0.2) is 24.3 Å². The Kier molecular flexibility index (Phi) is 6.26. The van der Waals surface area contributed by atoms with Gasteiger partial charge in [0, 0.05) is 0 Å². The van der Waals surface area contributed by atoms with Crippen molar-refractivity contribution in [2.75, 3.05) is 6.61 Å². The quantitative estimate of drug-likeness (QED) is 0.759. The van der Waals surface area contributed by atoms with Gasteiger partial charge in [0.1, 0.15) is 5.75 Å². The van der Waals surface area contributed by atoms with Gasteiger partial charge in [-0.2, -0.15) is 0 Å². The number of aromatic carboxylic acids is 1. The number of carbonyl (C=O) groups is 1. The van der Waals surface area contributed by atoms with Crippen LogP contribution in [-0.2, 0) is 0 Å². The lowest BCUT2D eigenvalue weighted by atomic mass is 10.0. The predicted octanol–water partition coefficient (Wildman–Crippen LogP) is 3.98. The van der Waals surface area contributed by atoms with Gasteiger partial charge in [0.25, 0.3) is 0 Å². The van der Waals surface area contributed by atoms with Gasteiger partial charge >= 0.3 is 5.97 Å². The summed E-state index contributed by atoms with van der Waals surface area (Å²) in [5.74, 6) is 0.279. The van der Waals surface area contributed by atoms with Crippen LogP contribution in [-0.4, -0.2) is 17.7 Å². The first-order valence-corrected chi connectivity index (χ1v) is 6.63. The molecule has 0 aliphatic carbocycles. The Labute approximate surface area is 109 Å². The highest BCUT2D eigenvalue weighted by Crippen LogP contribution is 2.17. The predicted molar refractivity (Wildman–Crippen MR) is 72.2 cm³/mol. The molecule has 18 heavy (non-hydrogen) atoms. The van der Waals surface area contributed by atoms with Crippen molar-refractivity contribution in [1.29, 1.82) is 0 Å². The largest absolute Gasteiger partial charge is 0.493 e. The SMILES string of the molecule is CCCCC(CC)COc1cccc(C(=O)O)c1. The molecular weight excluding hydrogens is 228 g/mol. The molecule has 3 nitrogen and oxygen atoms in total. The number of benzene rings is 1. The maximum absolute atomic E-state index is 10.8. The summed E-state index contributed by atoms with van der Waals surface area (Å²) in [5.41, 5.74) is 0.272. The molecule has 1 N–H and O–H groups in total. The van der Waals surface area contributed by atoms with Crippen LogP contribution in [0.5, 0.6) is 5.75 Å². The van der Waals surface area contributed by atoms with Crippen LogP contribution in [0.3, 0.4) is 0 Å². The lowest BCUT2D eigenvalue weighted by Gasteiger charge is -2.15. The average Bonchev–Trinajstić information content (AvgIpc) is 2.39. The molecule has 0 saturated carbocycles. The van der Waals surface area contributed by atoms with Crippen molar-refractivity contribution in [1.82, 2.24) is 0 Å². The van der Waals surface area contributed by atoms with Crippen LogP contribution in [0.4, 0.5) is 0 Å². The molecule has 1 unspecified atom stereocenters. The molecule has 0 aromatic heterocycles. The van der Waals surface area contributed by atoms with Gasteiger partial charge in [-0.3, -0.25) is 0 Å². The van der Waals surface area contributed by atoms with E-state index in [9.17, 15) is 4.79 Å². The number of ether oxygens (including phenoxy) is 1. The van der Waals surface area contributed by atoms with Crippen molar-refractivity contribution < 1.29 is 14.6 Å². The van der Waals surface area contributed by atoms with Crippen molar-refractivity contribution in [3.8, 4) is 5.75 Å². The minimum Gasteiger partial charge on any atom is -0.493 e. The van der Waals surface area contributed by atoms with Gasteiger partial charge in [-0.1, -0.05) is 39.2 Å². The van der Waals surface area contributed by atoms with E-state index in [1.54, 1.807) is 24.3 Å². The number of carboxylic acids is 1. The maximum Gasteiger partial charge on any atom is 0.335 e. The number of unbranched alkanes of at least 4 members (excludes halogenated alkanes) is 1. The summed E-state index contributed by atoms with van der Waals surface area (Å²) in [4.78, 5) is 10.8. The number of hydrogen-bond donors (Lipinski definition) is 1. The van der Waals surface area contributed by atoms with Crippen molar-refractivity contribution >= 4 is 5.97 Å². The number of carboxylic acid groups (broad SMARTS) is 1. The van der Waals surface area contributed by atoms with Crippen molar-refractivity contribution in [2.24, 2.45) is 5.92 Å². The molecule has 0 saturated heterocycles. The molecule has 100 valence electrons. The van der Waals surface area contributed by atoms with E-state index in [1.165, 1.54) is 19.3 Å². The molecule has 1 aromatic carbocycles. The molecular formula is C15H22O3. The molecule has 0 amide bonds. The van der Waals surface area contributed by atoms with Crippen LogP contribution in [0, 0.1) is 5.92 Å². The van der Waals surface area contributed by atoms with Crippen molar-refractivity contribution in [3.63, 3.8) is 0 Å². The average molecular weight is 250 g/mol. The Morgan fingerprint density at radius 3 is 2.78 bits per heavy atom. The minimum atomic E-state index is -0.918. The summed E-state index contributed by atoms with van der Waals surface area (Å²) >= 11 is 0. The van der Waals surface area contributed by atoms with Gasteiger partial charge in [0.05, 0.1) is 12.2 Å². The fourth-order valence-electron chi connectivity index (χ4n) is 1.83. The molecule has 0 aliphatic rings. The Morgan fingerprint density at radius 2 is 2.17 bits per heavy atom. The van der Waals surface area contributed by atoms with Gasteiger partial charge in [-0.15, -0.1) is 0 Å². The highest BCUT2D eigenvalue weighted by molar-refractivity contribution is 5.87. The topological polar surface area (TPSA) is 46.5 Å². The van der Waals surface area contributed by atoms with Gasteiger partial charge in [0.2, 0.25) is 0 Å². The molecule has 0 fully saturated rings. The zero-order chi connectivity index (χ0) is 13.4. The smallest absolute Gasteiger partial charge is 0.335 e. The van der Waals surface area contributed by atoms with Gasteiger partial charge in [-0.25, -0.2) is 4.79 Å². The van der Waals surface area contributed by atoms with Gasteiger partial charge < -0.3 is 9.84 Å². The minimum absolute atomic E-state index is 0.272. The summed E-state index contributed by atoms with van der Waals surface area (Å²) in [6, 6.07) is 6.67. The highest BCUT2D eigenvalue weighted by atomic mass is 16.5. The zero-order valence-corrected chi connectivity index (χ0v) is 11.2. The summed E-state index contributed by atoms with van der Waals surface area (Å²) in [7, 11) is 0. The third-order valence-corrected chi connectivity index (χ3v) is 3.11. The molecule has 1 rings (SSSR count). The van der Waals surface area contributed by atoms with Gasteiger partial charge in [-0.05, 0) is 30.5 Å². The van der Waals surface area contributed by atoms with E-state index in [0.717, 1.165) is 6.42 Å². The van der Waals surface area contributed by atoms with E-state index in [2.05, 4.69) is 13.8 Å². The van der Waals surface area contributed by atoms with E-state index in [-0.39, 0.29) is 5.56 Å². The van der Waals surface area contributed by atoms with Crippen LogP contribution >= 0.6 is 0 Å². The Bertz CT molecular complexity index is 374. The number of rotatable bonds is 8. The maximum atomic E-state index is 10.8. The molecule has 1 atom stereocenters. The van der Waals surface area contributed by atoms with E-state index < -0.39 is 5.97 Å². The summed E-state index contributed by atoms with van der Waals surface area (Å²) in [5, 5.41) is 8.89. The van der Waals surface area contributed by atoms with Crippen molar-refractivity contribution in [2.45, 2.75) is 39.5 Å². The zero-order valence-electron chi connectivity index (χ0n) is 11.2. The summed E-state index contributed by atoms with van der Waals surface area (Å²) in [6.45, 7) is 5.01. The molecule has 0 spiro atoms. The molecule has 0 radical (unpaired) electrons. The van der Waals surface area contributed by atoms with Gasteiger partial charge in [0.15, 0.2) is 0 Å². The second-order valence-corrected chi connectivity index (χ2v) is 4.56. The molecule has 1 aromatic rings. The van der Waals surface area contributed by atoms with E-state index in [4.69, 9.17) is 9.84 Å². The first-order valence-electron chi connectivity index (χ1n) is 6.63. The lowest BCUT2D eigenvalue weighted by Crippen LogP contribution is -2.11. The van der Waals surface area contributed by atoms with E-state index in [1.807, 2.05) is 0 Å². The highest BCUT2D eigenvalue weighted by Gasteiger charge is 2.08. The monoisotopic (exact) mass is 250 g/mol. The Hall–Kier alpha value is -1.51. The third-order valence-electron chi connectivity index (χ3n) is 3.11. The first-order chi connectivity index (χ1) is 8.67. The Morgan fingerprint density at radius 1 is 1.39 bits per heavy atom. The first kappa shape index (κ1) is 14.6. The third kappa shape index (κ3) is 4.78. The fraction of sp³-hybridized carbons (Fsp3) is 0.533. The van der Waals surface area contributed by atoms with Crippen LogP contribution in [0.2, 0.25) is 0 Å². The second kappa shape index (κ2) is 7.75. The lowest BCUT2D eigenvalue weighted by molar-refractivity contribution is 0.0696. The van der Waals surface area contributed by atoms with Crippen LogP contribution < -0.4 is 4.74 Å².